The van der Waals surface area contributed by atoms with E-state index in [9.17, 15) is 4.79 Å². The summed E-state index contributed by atoms with van der Waals surface area (Å²) >= 11 is 0. The second-order valence-electron chi connectivity index (χ2n) is 7.34. The number of aryl methyl sites for hydroxylation is 1. The molecular formula is C27H19NO2. The number of carbonyl (C=O) groups excluding carboxylic acids is 1. The van der Waals surface area contributed by atoms with Crippen molar-refractivity contribution in [3.63, 3.8) is 0 Å². The Labute approximate surface area is 174 Å². The SMILES string of the molecule is Cc1ccc2nc(-c3ccccc3)cc(C(=O)Oc3ccc4ccccc4c3)c2c1. The molecule has 0 aliphatic heterocycles. The summed E-state index contributed by atoms with van der Waals surface area (Å²) in [5.74, 6) is 0.137. The molecule has 0 saturated heterocycles. The quantitative estimate of drug-likeness (QED) is 0.258. The second-order valence-corrected chi connectivity index (χ2v) is 7.34. The third kappa shape index (κ3) is 3.42. The average Bonchev–Trinajstić information content (AvgIpc) is 2.79. The molecule has 30 heavy (non-hydrogen) atoms. The van der Waals surface area contributed by atoms with Crippen LogP contribution in [0, 0.1) is 6.92 Å². The minimum absolute atomic E-state index is 0.388. The van der Waals surface area contributed by atoms with Crippen LogP contribution >= 0.6 is 0 Å². The van der Waals surface area contributed by atoms with Gasteiger partial charge in [0, 0.05) is 10.9 Å². The zero-order chi connectivity index (χ0) is 20.5. The number of esters is 1. The van der Waals surface area contributed by atoms with Gasteiger partial charge in [0.25, 0.3) is 0 Å². The van der Waals surface area contributed by atoms with Crippen molar-refractivity contribution in [2.75, 3.05) is 0 Å². The van der Waals surface area contributed by atoms with Gasteiger partial charge in [-0.3, -0.25) is 0 Å². The van der Waals surface area contributed by atoms with Gasteiger partial charge in [0.1, 0.15) is 5.75 Å². The Kier molecular flexibility index (Phi) is 4.49. The number of aromatic nitrogens is 1. The van der Waals surface area contributed by atoms with Crippen LogP contribution in [0.3, 0.4) is 0 Å². The van der Waals surface area contributed by atoms with E-state index in [0.29, 0.717) is 11.3 Å². The van der Waals surface area contributed by atoms with Crippen molar-refractivity contribution in [1.29, 1.82) is 0 Å². The highest BCUT2D eigenvalue weighted by molar-refractivity contribution is 6.05. The van der Waals surface area contributed by atoms with E-state index < -0.39 is 0 Å². The van der Waals surface area contributed by atoms with Gasteiger partial charge in [-0.25, -0.2) is 9.78 Å². The lowest BCUT2D eigenvalue weighted by Gasteiger charge is -2.11. The average molecular weight is 389 g/mol. The van der Waals surface area contributed by atoms with Gasteiger partial charge in [-0.2, -0.15) is 0 Å². The molecule has 5 aromatic rings. The number of pyridine rings is 1. The fourth-order valence-corrected chi connectivity index (χ4v) is 3.66. The summed E-state index contributed by atoms with van der Waals surface area (Å²) in [6.45, 7) is 2.00. The van der Waals surface area contributed by atoms with Crippen LogP contribution in [0.4, 0.5) is 0 Å². The Hall–Kier alpha value is -3.98. The highest BCUT2D eigenvalue weighted by Gasteiger charge is 2.16. The van der Waals surface area contributed by atoms with E-state index in [2.05, 4.69) is 0 Å². The molecule has 144 valence electrons. The summed E-state index contributed by atoms with van der Waals surface area (Å²) in [5.41, 5.74) is 4.05. The molecule has 3 heteroatoms. The molecule has 0 bridgehead atoms. The van der Waals surface area contributed by atoms with Gasteiger partial charge in [0.2, 0.25) is 0 Å². The molecule has 0 aliphatic carbocycles. The Balaban J connectivity index is 1.60. The van der Waals surface area contributed by atoms with E-state index in [0.717, 1.165) is 38.5 Å². The molecule has 0 saturated carbocycles. The standard InChI is InChI=1S/C27H19NO2/c1-18-11-14-25-23(15-18)24(17-26(28-25)20-8-3-2-4-9-20)27(29)30-22-13-12-19-7-5-6-10-21(19)16-22/h2-17H,1H3. The molecule has 1 aromatic heterocycles. The predicted octanol–water partition coefficient (Wildman–Crippen LogP) is 6.58. The van der Waals surface area contributed by atoms with Crippen LogP contribution in [0.15, 0.2) is 97.1 Å². The normalized spacial score (nSPS) is 11.0. The smallest absolute Gasteiger partial charge is 0.344 e. The first-order chi connectivity index (χ1) is 14.7. The van der Waals surface area contributed by atoms with Gasteiger partial charge in [-0.1, -0.05) is 72.3 Å². The van der Waals surface area contributed by atoms with Crippen molar-refractivity contribution in [3.8, 4) is 17.0 Å². The van der Waals surface area contributed by atoms with Gasteiger partial charge in [-0.15, -0.1) is 0 Å². The number of ether oxygens (including phenoxy) is 1. The third-order valence-electron chi connectivity index (χ3n) is 5.19. The number of hydrogen-bond acceptors (Lipinski definition) is 3. The van der Waals surface area contributed by atoms with E-state index in [4.69, 9.17) is 9.72 Å². The second kappa shape index (κ2) is 7.45. The molecule has 0 N–H and O–H groups in total. The first-order valence-electron chi connectivity index (χ1n) is 9.85. The molecular weight excluding hydrogens is 370 g/mol. The monoisotopic (exact) mass is 389 g/mol. The summed E-state index contributed by atoms with van der Waals surface area (Å²) in [6, 6.07) is 31.3. The summed E-state index contributed by atoms with van der Waals surface area (Å²) in [6.07, 6.45) is 0. The number of rotatable bonds is 3. The van der Waals surface area contributed by atoms with E-state index in [1.807, 2.05) is 104 Å². The van der Waals surface area contributed by atoms with Crippen LogP contribution in [-0.2, 0) is 0 Å². The summed E-state index contributed by atoms with van der Waals surface area (Å²) in [7, 11) is 0. The molecule has 0 aliphatic rings. The van der Waals surface area contributed by atoms with Crippen molar-refractivity contribution in [2.45, 2.75) is 6.92 Å². The molecule has 4 aromatic carbocycles. The molecule has 0 atom stereocenters. The molecule has 0 fully saturated rings. The summed E-state index contributed by atoms with van der Waals surface area (Å²) in [5, 5.41) is 2.93. The van der Waals surface area contributed by atoms with Crippen molar-refractivity contribution < 1.29 is 9.53 Å². The maximum Gasteiger partial charge on any atom is 0.344 e. The molecule has 0 unspecified atom stereocenters. The van der Waals surface area contributed by atoms with Gasteiger partial charge in [0.05, 0.1) is 16.8 Å². The zero-order valence-electron chi connectivity index (χ0n) is 16.5. The number of fused-ring (bicyclic) bond motifs is 2. The van der Waals surface area contributed by atoms with Gasteiger partial charge in [-0.05, 0) is 48.0 Å². The van der Waals surface area contributed by atoms with Crippen molar-refractivity contribution in [3.05, 3.63) is 108 Å². The van der Waals surface area contributed by atoms with E-state index in [1.165, 1.54) is 0 Å². The third-order valence-corrected chi connectivity index (χ3v) is 5.19. The molecule has 0 radical (unpaired) electrons. The van der Waals surface area contributed by atoms with E-state index >= 15 is 0 Å². The highest BCUT2D eigenvalue weighted by Crippen LogP contribution is 2.28. The van der Waals surface area contributed by atoms with Crippen LogP contribution in [0.1, 0.15) is 15.9 Å². The fraction of sp³-hybridized carbons (Fsp3) is 0.0370. The molecule has 0 amide bonds. The van der Waals surface area contributed by atoms with Gasteiger partial charge in [0.15, 0.2) is 0 Å². The Bertz CT molecular complexity index is 1390. The number of hydrogen-bond donors (Lipinski definition) is 0. The first-order valence-corrected chi connectivity index (χ1v) is 9.85. The van der Waals surface area contributed by atoms with Crippen LogP contribution in [0.2, 0.25) is 0 Å². The van der Waals surface area contributed by atoms with Crippen LogP contribution in [0.5, 0.6) is 5.75 Å². The number of nitrogens with zero attached hydrogens (tertiary/aromatic N) is 1. The van der Waals surface area contributed by atoms with Crippen molar-refractivity contribution in [2.24, 2.45) is 0 Å². The fourth-order valence-electron chi connectivity index (χ4n) is 3.66. The molecule has 1 heterocycles. The lowest BCUT2D eigenvalue weighted by molar-refractivity contribution is 0.0737. The highest BCUT2D eigenvalue weighted by atomic mass is 16.5. The summed E-state index contributed by atoms with van der Waals surface area (Å²) < 4.78 is 5.78. The maximum atomic E-state index is 13.2. The van der Waals surface area contributed by atoms with Crippen LogP contribution in [-0.4, -0.2) is 11.0 Å². The van der Waals surface area contributed by atoms with Crippen molar-refractivity contribution >= 4 is 27.6 Å². The minimum Gasteiger partial charge on any atom is -0.423 e. The topological polar surface area (TPSA) is 39.2 Å². The molecule has 0 spiro atoms. The van der Waals surface area contributed by atoms with Gasteiger partial charge >= 0.3 is 5.97 Å². The van der Waals surface area contributed by atoms with E-state index in [-0.39, 0.29) is 5.97 Å². The molecule has 3 nitrogen and oxygen atoms in total. The maximum absolute atomic E-state index is 13.2. The largest absolute Gasteiger partial charge is 0.423 e. The Morgan fingerprint density at radius 2 is 1.53 bits per heavy atom. The van der Waals surface area contributed by atoms with Gasteiger partial charge < -0.3 is 4.74 Å². The van der Waals surface area contributed by atoms with Crippen LogP contribution in [0.25, 0.3) is 32.9 Å². The zero-order valence-corrected chi connectivity index (χ0v) is 16.5. The Morgan fingerprint density at radius 1 is 0.767 bits per heavy atom. The first kappa shape index (κ1) is 18.1. The lowest BCUT2D eigenvalue weighted by atomic mass is 10.0. The number of carbonyl (C=O) groups is 1. The Morgan fingerprint density at radius 3 is 2.37 bits per heavy atom. The number of benzene rings is 4. The lowest BCUT2D eigenvalue weighted by Crippen LogP contribution is -2.10. The minimum atomic E-state index is -0.388. The van der Waals surface area contributed by atoms with Crippen molar-refractivity contribution in [1.82, 2.24) is 4.98 Å². The molecule has 5 rings (SSSR count). The van der Waals surface area contributed by atoms with Crippen LogP contribution < -0.4 is 4.74 Å². The van der Waals surface area contributed by atoms with E-state index in [1.54, 1.807) is 0 Å². The summed E-state index contributed by atoms with van der Waals surface area (Å²) in [4.78, 5) is 18.0. The predicted molar refractivity (Wildman–Crippen MR) is 121 cm³/mol.